The van der Waals surface area contributed by atoms with Crippen LogP contribution in [0.15, 0.2) is 36.1 Å². The van der Waals surface area contributed by atoms with E-state index < -0.39 is 0 Å². The summed E-state index contributed by atoms with van der Waals surface area (Å²) >= 11 is 0. The van der Waals surface area contributed by atoms with Crippen molar-refractivity contribution < 1.29 is 29.6 Å². The molecule has 0 saturated carbocycles. The summed E-state index contributed by atoms with van der Waals surface area (Å²) in [4.78, 5) is 12.3. The number of rotatable bonds is 2. The molecule has 0 amide bonds. The number of ether oxygens (including phenoxy) is 2. The highest BCUT2D eigenvalue weighted by Gasteiger charge is 2.31. The molecule has 2 aromatic rings. The van der Waals surface area contributed by atoms with Crippen LogP contribution in [0, 0.1) is 0 Å². The minimum atomic E-state index is -0.360. The number of allylic oxidation sites excluding steroid dienone is 1. The first-order valence-electron chi connectivity index (χ1n) is 6.37. The molecule has 1 aliphatic rings. The molecule has 2 aromatic carbocycles. The molecule has 3 N–H and O–H groups in total. The molecule has 0 spiro atoms. The number of methoxy groups -OCH3 is 1. The second-order valence-corrected chi connectivity index (χ2v) is 4.68. The molecule has 3 rings (SSSR count). The molecule has 112 valence electrons. The van der Waals surface area contributed by atoms with E-state index in [-0.39, 0.29) is 45.9 Å². The maximum absolute atomic E-state index is 12.3. The summed E-state index contributed by atoms with van der Waals surface area (Å²) in [5.41, 5.74) is 0.763. The summed E-state index contributed by atoms with van der Waals surface area (Å²) in [6.07, 6.45) is 1.43. The average molecular weight is 300 g/mol. The number of aromatic hydroxyl groups is 3. The Hall–Kier alpha value is -3.15. The van der Waals surface area contributed by atoms with Crippen LogP contribution in [-0.4, -0.2) is 28.2 Å². The van der Waals surface area contributed by atoms with Gasteiger partial charge in [-0.2, -0.15) is 0 Å². The fourth-order valence-electron chi connectivity index (χ4n) is 2.20. The van der Waals surface area contributed by atoms with Gasteiger partial charge < -0.3 is 24.8 Å². The monoisotopic (exact) mass is 300 g/mol. The lowest BCUT2D eigenvalue weighted by Gasteiger charge is -2.07. The van der Waals surface area contributed by atoms with Gasteiger partial charge in [0, 0.05) is 0 Å². The molecule has 0 bridgehead atoms. The number of benzene rings is 2. The maximum atomic E-state index is 12.3. The lowest BCUT2D eigenvalue weighted by molar-refractivity contribution is 0.101. The molecule has 6 heteroatoms. The third-order valence-corrected chi connectivity index (χ3v) is 3.27. The molecule has 0 radical (unpaired) electrons. The van der Waals surface area contributed by atoms with Crippen LogP contribution in [-0.2, 0) is 0 Å². The van der Waals surface area contributed by atoms with Crippen LogP contribution in [0.25, 0.3) is 6.08 Å². The van der Waals surface area contributed by atoms with E-state index in [9.17, 15) is 20.1 Å². The smallest absolute Gasteiger partial charge is 0.232 e. The quantitative estimate of drug-likeness (QED) is 0.582. The van der Waals surface area contributed by atoms with Crippen LogP contribution in [0.5, 0.6) is 28.7 Å². The number of carbonyl (C=O) groups excluding carboxylic acids is 1. The van der Waals surface area contributed by atoms with Gasteiger partial charge in [-0.1, -0.05) is 6.07 Å². The van der Waals surface area contributed by atoms with Crippen molar-refractivity contribution in [2.24, 2.45) is 0 Å². The van der Waals surface area contributed by atoms with Crippen molar-refractivity contribution in [1.82, 2.24) is 0 Å². The van der Waals surface area contributed by atoms with Gasteiger partial charge in [-0.05, 0) is 35.9 Å². The van der Waals surface area contributed by atoms with Crippen molar-refractivity contribution in [1.29, 1.82) is 0 Å². The number of phenols is 3. The van der Waals surface area contributed by atoms with E-state index in [0.29, 0.717) is 5.56 Å². The van der Waals surface area contributed by atoms with Crippen molar-refractivity contribution in [3.05, 3.63) is 47.2 Å². The molecule has 0 atom stereocenters. The van der Waals surface area contributed by atoms with E-state index in [0.717, 1.165) is 0 Å². The zero-order valence-electron chi connectivity index (χ0n) is 11.5. The Morgan fingerprint density at radius 1 is 1.05 bits per heavy atom. The summed E-state index contributed by atoms with van der Waals surface area (Å²) in [5.74, 6) is -0.768. The number of hydrogen-bond acceptors (Lipinski definition) is 6. The van der Waals surface area contributed by atoms with Crippen LogP contribution in [0.4, 0.5) is 0 Å². The van der Waals surface area contributed by atoms with Crippen molar-refractivity contribution in [3.63, 3.8) is 0 Å². The lowest BCUT2D eigenvalue weighted by atomic mass is 10.1. The lowest BCUT2D eigenvalue weighted by Crippen LogP contribution is -1.97. The zero-order valence-corrected chi connectivity index (χ0v) is 11.5. The standard InChI is InChI=1S/C16H12O6/c1-21-16-11(18)5-3-9-14(20)13(22-15(9)16)7-8-2-4-10(17)12(19)6-8/h2-7,17-19H,1H3. The number of fused-ring (bicyclic) bond motifs is 1. The third kappa shape index (κ3) is 2.10. The number of ketones is 1. The highest BCUT2D eigenvalue weighted by molar-refractivity contribution is 6.15. The largest absolute Gasteiger partial charge is 0.504 e. The second kappa shape index (κ2) is 5.00. The number of carbonyl (C=O) groups is 1. The molecule has 0 fully saturated rings. The zero-order chi connectivity index (χ0) is 15.9. The van der Waals surface area contributed by atoms with Crippen LogP contribution < -0.4 is 9.47 Å². The molecule has 0 unspecified atom stereocenters. The van der Waals surface area contributed by atoms with Gasteiger partial charge in [0.05, 0.1) is 12.7 Å². The molecule has 0 aromatic heterocycles. The summed E-state index contributed by atoms with van der Waals surface area (Å²) < 4.78 is 10.5. The Labute approximate surface area is 125 Å². The molecule has 22 heavy (non-hydrogen) atoms. The normalized spacial score (nSPS) is 14.8. The van der Waals surface area contributed by atoms with Gasteiger partial charge in [-0.25, -0.2) is 0 Å². The van der Waals surface area contributed by atoms with Gasteiger partial charge in [-0.15, -0.1) is 0 Å². The molecule has 6 nitrogen and oxygen atoms in total. The first-order valence-corrected chi connectivity index (χ1v) is 6.37. The minimum Gasteiger partial charge on any atom is -0.504 e. The minimum absolute atomic E-state index is 0.0315. The Balaban J connectivity index is 2.03. The molecule has 1 aliphatic heterocycles. The van der Waals surface area contributed by atoms with E-state index in [1.165, 1.54) is 43.5 Å². The van der Waals surface area contributed by atoms with Gasteiger partial charge >= 0.3 is 0 Å². The Bertz CT molecular complexity index is 807. The van der Waals surface area contributed by atoms with E-state index in [4.69, 9.17) is 9.47 Å². The van der Waals surface area contributed by atoms with Crippen molar-refractivity contribution in [3.8, 4) is 28.7 Å². The predicted molar refractivity (Wildman–Crippen MR) is 77.4 cm³/mol. The summed E-state index contributed by atoms with van der Waals surface area (Å²) in [5, 5.41) is 28.5. The fourth-order valence-corrected chi connectivity index (χ4v) is 2.20. The Morgan fingerprint density at radius 2 is 1.77 bits per heavy atom. The summed E-state index contributed by atoms with van der Waals surface area (Å²) in [6, 6.07) is 6.94. The van der Waals surface area contributed by atoms with Crippen LogP contribution in [0.1, 0.15) is 15.9 Å². The highest BCUT2D eigenvalue weighted by Crippen LogP contribution is 2.45. The number of phenolic OH excluding ortho intramolecular Hbond substituents is 3. The van der Waals surface area contributed by atoms with E-state index in [2.05, 4.69) is 0 Å². The summed E-state index contributed by atoms with van der Waals surface area (Å²) in [7, 11) is 1.36. The van der Waals surface area contributed by atoms with Gasteiger partial charge in [0.1, 0.15) is 0 Å². The van der Waals surface area contributed by atoms with E-state index >= 15 is 0 Å². The SMILES string of the molecule is COc1c(O)ccc2c1OC(=Cc1ccc(O)c(O)c1)C2=O. The summed E-state index contributed by atoms with van der Waals surface area (Å²) in [6.45, 7) is 0. The topological polar surface area (TPSA) is 96.2 Å². The van der Waals surface area contributed by atoms with E-state index in [1.54, 1.807) is 0 Å². The van der Waals surface area contributed by atoms with Crippen LogP contribution in [0.2, 0.25) is 0 Å². The maximum Gasteiger partial charge on any atom is 0.232 e. The molecule has 0 aliphatic carbocycles. The number of Topliss-reactive ketones (excluding diaryl/α,β-unsaturated/α-hetero) is 1. The van der Waals surface area contributed by atoms with Crippen molar-refractivity contribution >= 4 is 11.9 Å². The van der Waals surface area contributed by atoms with Gasteiger partial charge in [0.2, 0.25) is 11.5 Å². The van der Waals surface area contributed by atoms with Gasteiger partial charge in [0.25, 0.3) is 0 Å². The molecule has 0 saturated heterocycles. The Kier molecular flexibility index (Phi) is 3.14. The van der Waals surface area contributed by atoms with E-state index in [1.807, 2.05) is 0 Å². The predicted octanol–water partition coefficient (Wildman–Crippen LogP) is 2.43. The average Bonchev–Trinajstić information content (AvgIpc) is 2.79. The molecular weight excluding hydrogens is 288 g/mol. The fraction of sp³-hybridized carbons (Fsp3) is 0.0625. The van der Waals surface area contributed by atoms with Crippen LogP contribution >= 0.6 is 0 Å². The number of hydrogen-bond donors (Lipinski definition) is 3. The molecular formula is C16H12O6. The Morgan fingerprint density at radius 3 is 2.45 bits per heavy atom. The first-order chi connectivity index (χ1) is 10.5. The second-order valence-electron chi connectivity index (χ2n) is 4.68. The van der Waals surface area contributed by atoms with Crippen molar-refractivity contribution in [2.75, 3.05) is 7.11 Å². The third-order valence-electron chi connectivity index (χ3n) is 3.27. The highest BCUT2D eigenvalue weighted by atomic mass is 16.5. The van der Waals surface area contributed by atoms with Gasteiger partial charge in [0.15, 0.2) is 28.8 Å². The van der Waals surface area contributed by atoms with Crippen LogP contribution in [0.3, 0.4) is 0 Å². The van der Waals surface area contributed by atoms with Gasteiger partial charge in [-0.3, -0.25) is 4.79 Å². The van der Waals surface area contributed by atoms with Crippen molar-refractivity contribution in [2.45, 2.75) is 0 Å². The molecule has 1 heterocycles. The first kappa shape index (κ1) is 13.8.